The van der Waals surface area contributed by atoms with E-state index in [-0.39, 0.29) is 18.9 Å². The number of hydrogen-bond donors (Lipinski definition) is 2. The van der Waals surface area contributed by atoms with E-state index in [1.807, 2.05) is 12.2 Å². The van der Waals surface area contributed by atoms with Crippen molar-refractivity contribution in [2.24, 2.45) is 5.41 Å². The van der Waals surface area contributed by atoms with Crippen molar-refractivity contribution >= 4 is 17.8 Å². The second-order valence-electron chi connectivity index (χ2n) is 9.84. The van der Waals surface area contributed by atoms with Crippen LogP contribution in [0.2, 0.25) is 0 Å². The molecule has 10 heteroatoms. The molecule has 2 N–H and O–H groups in total. The largest absolute Gasteiger partial charge is 0.480 e. The van der Waals surface area contributed by atoms with E-state index in [2.05, 4.69) is 5.32 Å². The van der Waals surface area contributed by atoms with Crippen LogP contribution < -0.4 is 5.32 Å². The third-order valence-electron chi connectivity index (χ3n) is 6.17. The van der Waals surface area contributed by atoms with Crippen LogP contribution in [0, 0.1) is 5.41 Å². The molecular weight excluding hydrogens is 463 g/mol. The number of benzene rings is 1. The predicted octanol–water partition coefficient (Wildman–Crippen LogP) is 3.34. The Bertz CT molecular complexity index is 939. The summed E-state index contributed by atoms with van der Waals surface area (Å²) in [7, 11) is 3.02. The summed E-state index contributed by atoms with van der Waals surface area (Å²) in [6.07, 6.45) is 0.148. The van der Waals surface area contributed by atoms with Crippen molar-refractivity contribution in [3.8, 4) is 0 Å². The van der Waals surface area contributed by atoms with E-state index in [1.54, 1.807) is 27.8 Å². The Labute approximate surface area is 204 Å². The molecule has 1 heterocycles. The van der Waals surface area contributed by atoms with Crippen LogP contribution in [0.3, 0.4) is 0 Å². The van der Waals surface area contributed by atoms with Crippen LogP contribution in [0.4, 0.5) is 13.2 Å². The Morgan fingerprint density at radius 2 is 1.77 bits per heavy atom. The number of carboxylic acids is 1. The van der Waals surface area contributed by atoms with E-state index in [4.69, 9.17) is 0 Å². The normalized spacial score (nSPS) is 19.9. The Morgan fingerprint density at radius 3 is 2.26 bits per heavy atom. The molecule has 1 aromatic rings. The summed E-state index contributed by atoms with van der Waals surface area (Å²) in [6, 6.07) is 1.59. The number of carbonyl (C=O) groups excluding carboxylic acids is 2. The highest BCUT2D eigenvalue weighted by molar-refractivity contribution is 5.92. The summed E-state index contributed by atoms with van der Waals surface area (Å²) in [6.45, 7) is 5.31. The molecule has 1 aliphatic rings. The summed E-state index contributed by atoms with van der Waals surface area (Å²) in [5.41, 5.74) is -1.19. The number of halogens is 3. The predicted molar refractivity (Wildman–Crippen MR) is 126 cm³/mol. The minimum absolute atomic E-state index is 0.0519. The standard InChI is InChI=1S/C25H34F3N3O4/c1-24(2,3)20(23(34)35)30(5)22(33)19(15-16-10-12-17(13-11-16)25(26,27)28)31-14-8-6-7-9-18(29-4)21(31)32/h6-7,10-13,18-20,29H,8-9,14-15H2,1-5H3,(H,34,35)/b7-6-/t18-,19-,20?/m0/s1. The number of carbonyl (C=O) groups is 3. The van der Waals surface area contributed by atoms with Gasteiger partial charge in [-0.05, 0) is 43.0 Å². The minimum Gasteiger partial charge on any atom is -0.480 e. The molecular formula is C25H34F3N3O4. The molecule has 3 atom stereocenters. The summed E-state index contributed by atoms with van der Waals surface area (Å²) >= 11 is 0. The number of nitrogens with one attached hydrogen (secondary N) is 1. The molecule has 0 saturated heterocycles. The summed E-state index contributed by atoms with van der Waals surface area (Å²) in [4.78, 5) is 41.7. The zero-order valence-corrected chi connectivity index (χ0v) is 20.7. The van der Waals surface area contributed by atoms with Crippen LogP contribution in [0.5, 0.6) is 0 Å². The van der Waals surface area contributed by atoms with E-state index in [9.17, 15) is 32.7 Å². The number of likely N-dealkylation sites (N-methyl/N-ethyl adjacent to an activating group) is 2. The Balaban J connectivity index is 2.50. The van der Waals surface area contributed by atoms with Crippen molar-refractivity contribution in [3.63, 3.8) is 0 Å². The number of nitrogens with zero attached hydrogens (tertiary/aromatic N) is 2. The highest BCUT2D eigenvalue weighted by atomic mass is 19.4. The number of rotatable bonds is 7. The fraction of sp³-hybridized carbons (Fsp3) is 0.560. The molecule has 0 spiro atoms. The van der Waals surface area contributed by atoms with Crippen LogP contribution in [0.15, 0.2) is 36.4 Å². The molecule has 2 amide bonds. The monoisotopic (exact) mass is 497 g/mol. The van der Waals surface area contributed by atoms with Gasteiger partial charge in [0, 0.05) is 20.0 Å². The van der Waals surface area contributed by atoms with Gasteiger partial charge in [0.15, 0.2) is 0 Å². The Kier molecular flexibility index (Phi) is 9.11. The molecule has 0 saturated carbocycles. The fourth-order valence-corrected chi connectivity index (χ4v) is 4.39. The van der Waals surface area contributed by atoms with Gasteiger partial charge >= 0.3 is 12.1 Å². The molecule has 7 nitrogen and oxygen atoms in total. The highest BCUT2D eigenvalue weighted by Crippen LogP contribution is 2.30. The van der Waals surface area contributed by atoms with Crippen molar-refractivity contribution in [1.29, 1.82) is 0 Å². The molecule has 1 aliphatic heterocycles. The highest BCUT2D eigenvalue weighted by Gasteiger charge is 2.42. The average molecular weight is 498 g/mol. The second-order valence-corrected chi connectivity index (χ2v) is 9.84. The first-order chi connectivity index (χ1) is 16.2. The smallest absolute Gasteiger partial charge is 0.416 e. The molecule has 1 aromatic carbocycles. The molecule has 0 bridgehead atoms. The molecule has 2 rings (SSSR count). The number of alkyl halides is 3. The molecule has 0 aromatic heterocycles. The van der Waals surface area contributed by atoms with Gasteiger partial charge in [0.2, 0.25) is 11.8 Å². The first-order valence-electron chi connectivity index (χ1n) is 11.5. The average Bonchev–Trinajstić information content (AvgIpc) is 2.73. The van der Waals surface area contributed by atoms with Crippen molar-refractivity contribution < 1.29 is 32.7 Å². The van der Waals surface area contributed by atoms with Gasteiger partial charge in [-0.2, -0.15) is 13.2 Å². The first-order valence-corrected chi connectivity index (χ1v) is 11.5. The summed E-state index contributed by atoms with van der Waals surface area (Å²) in [5, 5.41) is 12.8. The number of carboxylic acid groups (broad SMARTS) is 1. The zero-order chi connectivity index (χ0) is 26.6. The lowest BCUT2D eigenvalue weighted by molar-refractivity contribution is -0.157. The topological polar surface area (TPSA) is 90.0 Å². The van der Waals surface area contributed by atoms with Crippen LogP contribution in [-0.4, -0.2) is 71.5 Å². The lowest BCUT2D eigenvalue weighted by Gasteiger charge is -2.40. The van der Waals surface area contributed by atoms with Gasteiger partial charge < -0.3 is 20.2 Å². The first kappa shape index (κ1) is 28.4. The van der Waals surface area contributed by atoms with Crippen molar-refractivity contribution in [3.05, 3.63) is 47.5 Å². The second kappa shape index (κ2) is 11.2. The maximum atomic E-state index is 13.8. The van der Waals surface area contributed by atoms with Crippen LogP contribution >= 0.6 is 0 Å². The van der Waals surface area contributed by atoms with Crippen LogP contribution in [0.1, 0.15) is 44.7 Å². The number of aliphatic carboxylic acids is 1. The van der Waals surface area contributed by atoms with Gasteiger partial charge in [-0.25, -0.2) is 4.79 Å². The Morgan fingerprint density at radius 1 is 1.17 bits per heavy atom. The van der Waals surface area contributed by atoms with Gasteiger partial charge in [-0.15, -0.1) is 0 Å². The van der Waals surface area contributed by atoms with Gasteiger partial charge in [0.25, 0.3) is 0 Å². The zero-order valence-electron chi connectivity index (χ0n) is 20.7. The van der Waals surface area contributed by atoms with Crippen molar-refractivity contribution in [2.45, 2.75) is 64.3 Å². The molecule has 0 aliphatic carbocycles. The number of hydrogen-bond acceptors (Lipinski definition) is 4. The quantitative estimate of drug-likeness (QED) is 0.564. The fourth-order valence-electron chi connectivity index (χ4n) is 4.39. The van der Waals surface area contributed by atoms with Gasteiger partial charge in [0.05, 0.1) is 11.6 Å². The Hall–Kier alpha value is -2.88. The van der Waals surface area contributed by atoms with Crippen LogP contribution in [-0.2, 0) is 27.0 Å². The van der Waals surface area contributed by atoms with Gasteiger partial charge in [0.1, 0.15) is 12.1 Å². The van der Waals surface area contributed by atoms with Crippen LogP contribution in [0.25, 0.3) is 0 Å². The summed E-state index contributed by atoms with van der Waals surface area (Å²) in [5.74, 6) is -2.09. The molecule has 0 radical (unpaired) electrons. The van der Waals surface area contributed by atoms with E-state index < -0.39 is 47.2 Å². The van der Waals surface area contributed by atoms with E-state index >= 15 is 0 Å². The van der Waals surface area contributed by atoms with E-state index in [1.165, 1.54) is 24.1 Å². The third kappa shape index (κ3) is 7.06. The lowest BCUT2D eigenvalue weighted by Crippen LogP contribution is -2.59. The maximum absolute atomic E-state index is 13.8. The maximum Gasteiger partial charge on any atom is 0.416 e. The summed E-state index contributed by atoms with van der Waals surface area (Å²) < 4.78 is 39.1. The van der Waals surface area contributed by atoms with Gasteiger partial charge in [-0.3, -0.25) is 9.59 Å². The SMILES string of the molecule is CN[C@H]1C/C=C\CCN([C@@H](Cc2ccc(C(F)(F)F)cc2)C(=O)N(C)C(C(=O)O)C(C)(C)C)C1=O. The van der Waals surface area contributed by atoms with Crippen molar-refractivity contribution in [1.82, 2.24) is 15.1 Å². The minimum atomic E-state index is -4.50. The molecule has 35 heavy (non-hydrogen) atoms. The molecule has 0 fully saturated rings. The van der Waals surface area contributed by atoms with E-state index in [0.29, 0.717) is 18.4 Å². The molecule has 194 valence electrons. The van der Waals surface area contributed by atoms with Gasteiger partial charge in [-0.1, -0.05) is 45.1 Å². The third-order valence-corrected chi connectivity index (χ3v) is 6.17. The van der Waals surface area contributed by atoms with E-state index in [0.717, 1.165) is 17.0 Å². The number of amides is 2. The lowest BCUT2D eigenvalue weighted by atomic mass is 9.85. The van der Waals surface area contributed by atoms with Crippen molar-refractivity contribution in [2.75, 3.05) is 20.6 Å². The molecule has 1 unspecified atom stereocenters.